The number of benzene rings is 1. The summed E-state index contributed by atoms with van der Waals surface area (Å²) < 4.78 is 0. The van der Waals surface area contributed by atoms with Crippen molar-refractivity contribution in [1.82, 2.24) is 5.32 Å². The largest absolute Gasteiger partial charge is 0.351 e. The van der Waals surface area contributed by atoms with E-state index in [1.54, 1.807) is 24.3 Å². The van der Waals surface area contributed by atoms with Crippen LogP contribution in [0.4, 0.5) is 10.5 Å². The number of rotatable bonds is 6. The number of carbonyl (C=O) groups is 2. The highest BCUT2D eigenvalue weighted by atomic mass is 16.2. The van der Waals surface area contributed by atoms with Crippen LogP contribution in [-0.4, -0.2) is 18.0 Å². The predicted molar refractivity (Wildman–Crippen MR) is 74.4 cm³/mol. The van der Waals surface area contributed by atoms with Crippen LogP contribution in [0, 0.1) is 0 Å². The third-order valence-corrected chi connectivity index (χ3v) is 2.62. The Hall–Kier alpha value is -2.08. The lowest BCUT2D eigenvalue weighted by Crippen LogP contribution is -2.40. The number of carbonyl (C=O) groups excluding carboxylic acids is 2. The topological polar surface area (TPSA) is 110 Å². The van der Waals surface area contributed by atoms with E-state index in [0.29, 0.717) is 18.7 Å². The van der Waals surface area contributed by atoms with E-state index in [1.807, 2.05) is 6.92 Å². The molecule has 0 aromatic heterocycles. The van der Waals surface area contributed by atoms with Crippen LogP contribution in [0.2, 0.25) is 0 Å². The summed E-state index contributed by atoms with van der Waals surface area (Å²) in [6, 6.07) is 5.98. The molecule has 1 atom stereocenters. The summed E-state index contributed by atoms with van der Waals surface area (Å²) in [7, 11) is 0. The molecular formula is C13H20N4O2. The Morgan fingerprint density at radius 3 is 2.42 bits per heavy atom. The molecule has 0 spiro atoms. The maximum Gasteiger partial charge on any atom is 0.316 e. The fourth-order valence-electron chi connectivity index (χ4n) is 1.61. The van der Waals surface area contributed by atoms with E-state index >= 15 is 0 Å². The molecule has 0 saturated heterocycles. The molecule has 0 radical (unpaired) electrons. The third-order valence-electron chi connectivity index (χ3n) is 2.62. The van der Waals surface area contributed by atoms with Crippen LogP contribution in [0.5, 0.6) is 0 Å². The summed E-state index contributed by atoms with van der Waals surface area (Å²) in [6.07, 6.45) is 1.55. The van der Waals surface area contributed by atoms with Gasteiger partial charge in [0.15, 0.2) is 0 Å². The van der Waals surface area contributed by atoms with Gasteiger partial charge < -0.3 is 22.1 Å². The quantitative estimate of drug-likeness (QED) is 0.613. The summed E-state index contributed by atoms with van der Waals surface area (Å²) >= 11 is 0. The zero-order valence-corrected chi connectivity index (χ0v) is 11.0. The van der Waals surface area contributed by atoms with E-state index in [9.17, 15) is 9.59 Å². The third kappa shape index (κ3) is 5.39. The van der Waals surface area contributed by atoms with Gasteiger partial charge in [-0.1, -0.05) is 25.5 Å². The van der Waals surface area contributed by atoms with Gasteiger partial charge in [0.05, 0.1) is 6.04 Å². The SMILES string of the molecule is CCCC(N)C(=O)NCc1ccc(NC(N)=O)cc1. The molecule has 0 heterocycles. The van der Waals surface area contributed by atoms with E-state index in [0.717, 1.165) is 12.0 Å². The lowest BCUT2D eigenvalue weighted by Gasteiger charge is -2.11. The van der Waals surface area contributed by atoms with Crippen molar-refractivity contribution in [1.29, 1.82) is 0 Å². The molecule has 0 bridgehead atoms. The van der Waals surface area contributed by atoms with Crippen LogP contribution in [-0.2, 0) is 11.3 Å². The van der Waals surface area contributed by atoms with Crippen LogP contribution < -0.4 is 22.1 Å². The Morgan fingerprint density at radius 1 is 1.26 bits per heavy atom. The average Bonchev–Trinajstić information content (AvgIpc) is 2.37. The Bertz CT molecular complexity index is 431. The van der Waals surface area contributed by atoms with Crippen molar-refractivity contribution in [3.05, 3.63) is 29.8 Å². The first-order valence-corrected chi connectivity index (χ1v) is 6.21. The molecule has 104 valence electrons. The van der Waals surface area contributed by atoms with Crippen molar-refractivity contribution in [3.8, 4) is 0 Å². The van der Waals surface area contributed by atoms with E-state index in [1.165, 1.54) is 0 Å². The smallest absolute Gasteiger partial charge is 0.316 e. The van der Waals surface area contributed by atoms with Crippen LogP contribution in [0.1, 0.15) is 25.3 Å². The van der Waals surface area contributed by atoms with Crippen molar-refractivity contribution in [2.75, 3.05) is 5.32 Å². The summed E-state index contributed by atoms with van der Waals surface area (Å²) in [5, 5.41) is 5.23. The molecule has 0 aliphatic carbocycles. The van der Waals surface area contributed by atoms with Gasteiger partial charge in [-0.25, -0.2) is 4.79 Å². The zero-order valence-electron chi connectivity index (χ0n) is 11.0. The molecule has 6 N–H and O–H groups in total. The number of nitrogens with two attached hydrogens (primary N) is 2. The summed E-state index contributed by atoms with van der Waals surface area (Å²) in [6.45, 7) is 2.39. The fourth-order valence-corrected chi connectivity index (χ4v) is 1.61. The predicted octanol–water partition coefficient (Wildman–Crippen LogP) is 0.921. The second-order valence-corrected chi connectivity index (χ2v) is 4.30. The monoisotopic (exact) mass is 264 g/mol. The fraction of sp³-hybridized carbons (Fsp3) is 0.385. The highest BCUT2D eigenvalue weighted by Gasteiger charge is 2.11. The van der Waals surface area contributed by atoms with Gasteiger partial charge in [0.25, 0.3) is 0 Å². The minimum atomic E-state index is -0.605. The Kier molecular flexibility index (Phi) is 5.81. The van der Waals surface area contributed by atoms with E-state index < -0.39 is 12.1 Å². The molecule has 0 aliphatic heterocycles. The molecule has 1 unspecified atom stereocenters. The molecule has 6 nitrogen and oxygen atoms in total. The first-order valence-electron chi connectivity index (χ1n) is 6.21. The van der Waals surface area contributed by atoms with Crippen molar-refractivity contribution in [2.24, 2.45) is 11.5 Å². The Balaban J connectivity index is 2.45. The summed E-state index contributed by atoms with van der Waals surface area (Å²) in [4.78, 5) is 22.3. The minimum Gasteiger partial charge on any atom is -0.351 e. The van der Waals surface area contributed by atoms with Crippen molar-refractivity contribution in [2.45, 2.75) is 32.4 Å². The number of amides is 3. The lowest BCUT2D eigenvalue weighted by molar-refractivity contribution is -0.122. The second-order valence-electron chi connectivity index (χ2n) is 4.30. The standard InChI is InChI=1S/C13H20N4O2/c1-2-3-11(14)12(18)16-8-9-4-6-10(7-5-9)17-13(15)19/h4-7,11H,2-3,8,14H2,1H3,(H,16,18)(H3,15,17,19). The number of nitrogens with one attached hydrogen (secondary N) is 2. The van der Waals surface area contributed by atoms with Gasteiger partial charge >= 0.3 is 6.03 Å². The van der Waals surface area contributed by atoms with E-state index in [-0.39, 0.29) is 5.91 Å². The van der Waals surface area contributed by atoms with Crippen molar-refractivity contribution >= 4 is 17.6 Å². The van der Waals surface area contributed by atoms with Crippen molar-refractivity contribution in [3.63, 3.8) is 0 Å². The normalized spacial score (nSPS) is 11.7. The van der Waals surface area contributed by atoms with Gasteiger partial charge in [0.1, 0.15) is 0 Å². The molecule has 6 heteroatoms. The van der Waals surface area contributed by atoms with E-state index in [4.69, 9.17) is 11.5 Å². The van der Waals surface area contributed by atoms with Gasteiger partial charge in [-0.3, -0.25) is 4.79 Å². The molecule has 1 aromatic carbocycles. The highest BCUT2D eigenvalue weighted by Crippen LogP contribution is 2.09. The van der Waals surface area contributed by atoms with Gasteiger partial charge in [-0.2, -0.15) is 0 Å². The number of urea groups is 1. The van der Waals surface area contributed by atoms with Gasteiger partial charge in [0.2, 0.25) is 5.91 Å². The molecule has 0 aliphatic rings. The highest BCUT2D eigenvalue weighted by molar-refractivity contribution is 5.87. The number of hydrogen-bond donors (Lipinski definition) is 4. The molecule has 1 rings (SSSR count). The van der Waals surface area contributed by atoms with Crippen LogP contribution in [0.3, 0.4) is 0 Å². The van der Waals surface area contributed by atoms with Crippen LogP contribution >= 0.6 is 0 Å². The number of hydrogen-bond acceptors (Lipinski definition) is 3. The zero-order chi connectivity index (χ0) is 14.3. The van der Waals surface area contributed by atoms with Gasteiger partial charge in [0, 0.05) is 12.2 Å². The first-order chi connectivity index (χ1) is 9.02. The average molecular weight is 264 g/mol. The minimum absolute atomic E-state index is 0.152. The molecule has 19 heavy (non-hydrogen) atoms. The van der Waals surface area contributed by atoms with Crippen molar-refractivity contribution < 1.29 is 9.59 Å². The maximum atomic E-state index is 11.6. The molecule has 1 aromatic rings. The summed E-state index contributed by atoms with van der Waals surface area (Å²) in [5.74, 6) is -0.152. The number of anilines is 1. The molecule has 0 saturated carbocycles. The van der Waals surface area contributed by atoms with E-state index in [2.05, 4.69) is 10.6 Å². The second kappa shape index (κ2) is 7.38. The summed E-state index contributed by atoms with van der Waals surface area (Å²) in [5.41, 5.74) is 12.2. The molecular weight excluding hydrogens is 244 g/mol. The molecule has 0 fully saturated rings. The number of primary amides is 1. The molecule has 3 amide bonds. The maximum absolute atomic E-state index is 11.6. The van der Waals surface area contributed by atoms with Crippen LogP contribution in [0.25, 0.3) is 0 Å². The first kappa shape index (κ1) is 15.0. The van der Waals surface area contributed by atoms with Gasteiger partial charge in [-0.05, 0) is 24.1 Å². The van der Waals surface area contributed by atoms with Crippen LogP contribution in [0.15, 0.2) is 24.3 Å². The van der Waals surface area contributed by atoms with Gasteiger partial charge in [-0.15, -0.1) is 0 Å². The Labute approximate surface area is 112 Å². The Morgan fingerprint density at radius 2 is 1.89 bits per heavy atom. The lowest BCUT2D eigenvalue weighted by atomic mass is 10.1.